The molecular formula is C7H7ClF2N2. The minimum Gasteiger partial charge on any atom is -0.383 e. The lowest BCUT2D eigenvalue weighted by Gasteiger charge is -2.07. The molecule has 1 rings (SSSR count). The zero-order valence-corrected chi connectivity index (χ0v) is 7.07. The second-order valence-corrected chi connectivity index (χ2v) is 2.75. The lowest BCUT2D eigenvalue weighted by atomic mass is 10.1. The second kappa shape index (κ2) is 3.23. The minimum absolute atomic E-state index is 0.134. The number of alkyl halides is 2. The van der Waals surface area contributed by atoms with Gasteiger partial charge in [0.25, 0.3) is 6.43 Å². The number of nitrogens with zero attached hydrogens (tertiary/aromatic N) is 1. The molecule has 0 aliphatic carbocycles. The van der Waals surface area contributed by atoms with Crippen LogP contribution in [0.5, 0.6) is 0 Å². The number of aryl methyl sites for hydroxylation is 1. The van der Waals surface area contributed by atoms with Crippen LogP contribution in [-0.2, 0) is 0 Å². The minimum atomic E-state index is -2.60. The molecule has 0 atom stereocenters. The van der Waals surface area contributed by atoms with Crippen molar-refractivity contribution in [3.05, 3.63) is 22.3 Å². The van der Waals surface area contributed by atoms with Crippen molar-refractivity contribution >= 4 is 17.4 Å². The summed E-state index contributed by atoms with van der Waals surface area (Å²) in [6.45, 7) is 1.52. The molecule has 1 aromatic heterocycles. The Labute approximate surface area is 73.4 Å². The van der Waals surface area contributed by atoms with E-state index < -0.39 is 6.43 Å². The third-order valence-electron chi connectivity index (χ3n) is 1.48. The van der Waals surface area contributed by atoms with Crippen molar-refractivity contribution in [3.8, 4) is 0 Å². The molecule has 0 saturated carbocycles. The zero-order valence-electron chi connectivity index (χ0n) is 6.31. The van der Waals surface area contributed by atoms with Crippen molar-refractivity contribution in [3.63, 3.8) is 0 Å². The maximum absolute atomic E-state index is 12.3. The van der Waals surface area contributed by atoms with Gasteiger partial charge in [-0.2, -0.15) is 0 Å². The molecule has 0 radical (unpaired) electrons. The second-order valence-electron chi connectivity index (χ2n) is 2.36. The van der Waals surface area contributed by atoms with E-state index in [0.717, 1.165) is 0 Å². The summed E-state index contributed by atoms with van der Waals surface area (Å²) in [4.78, 5) is 3.52. The number of nitrogen functional groups attached to an aromatic ring is 1. The van der Waals surface area contributed by atoms with Gasteiger partial charge in [0.15, 0.2) is 0 Å². The predicted octanol–water partition coefficient (Wildman–Crippen LogP) is 2.56. The van der Waals surface area contributed by atoms with Crippen LogP contribution >= 0.6 is 11.6 Å². The first-order valence-electron chi connectivity index (χ1n) is 3.23. The molecule has 1 aromatic rings. The van der Waals surface area contributed by atoms with Crippen LogP contribution in [0.1, 0.15) is 17.6 Å². The van der Waals surface area contributed by atoms with Gasteiger partial charge in [-0.05, 0) is 18.6 Å². The van der Waals surface area contributed by atoms with Crippen LogP contribution in [0.15, 0.2) is 6.07 Å². The molecule has 12 heavy (non-hydrogen) atoms. The van der Waals surface area contributed by atoms with E-state index in [0.29, 0.717) is 5.56 Å². The Morgan fingerprint density at radius 1 is 1.58 bits per heavy atom. The molecule has 0 spiro atoms. The highest BCUT2D eigenvalue weighted by atomic mass is 35.5. The van der Waals surface area contributed by atoms with Crippen molar-refractivity contribution in [2.45, 2.75) is 13.3 Å². The van der Waals surface area contributed by atoms with Gasteiger partial charge in [-0.15, -0.1) is 0 Å². The van der Waals surface area contributed by atoms with E-state index in [-0.39, 0.29) is 16.5 Å². The molecule has 0 unspecified atom stereocenters. The number of pyridine rings is 1. The number of anilines is 1. The molecule has 0 amide bonds. The number of halogens is 3. The maximum atomic E-state index is 12.3. The smallest absolute Gasteiger partial charge is 0.267 e. The van der Waals surface area contributed by atoms with Crippen molar-refractivity contribution in [2.24, 2.45) is 0 Å². The Kier molecular flexibility index (Phi) is 2.47. The maximum Gasteiger partial charge on any atom is 0.267 e. The van der Waals surface area contributed by atoms with Gasteiger partial charge in [-0.25, -0.2) is 13.8 Å². The largest absolute Gasteiger partial charge is 0.383 e. The quantitative estimate of drug-likeness (QED) is 0.695. The Hall–Kier alpha value is -0.900. The van der Waals surface area contributed by atoms with Crippen LogP contribution in [0.4, 0.5) is 14.6 Å². The predicted molar refractivity (Wildman–Crippen MR) is 43.4 cm³/mol. The third-order valence-corrected chi connectivity index (χ3v) is 1.68. The molecule has 0 fully saturated rings. The Balaban J connectivity index is 3.28. The van der Waals surface area contributed by atoms with E-state index in [1.54, 1.807) is 0 Å². The Morgan fingerprint density at radius 2 is 2.17 bits per heavy atom. The molecular weight excluding hydrogens is 186 g/mol. The van der Waals surface area contributed by atoms with Crippen LogP contribution in [0, 0.1) is 6.92 Å². The van der Waals surface area contributed by atoms with Crippen LogP contribution in [0.25, 0.3) is 0 Å². The van der Waals surface area contributed by atoms with Gasteiger partial charge in [0.1, 0.15) is 11.0 Å². The van der Waals surface area contributed by atoms with Gasteiger partial charge in [-0.1, -0.05) is 11.6 Å². The fourth-order valence-electron chi connectivity index (χ4n) is 0.950. The highest BCUT2D eigenvalue weighted by Crippen LogP contribution is 2.28. The molecule has 66 valence electrons. The summed E-state index contributed by atoms with van der Waals surface area (Å²) in [6, 6.07) is 1.36. The summed E-state index contributed by atoms with van der Waals surface area (Å²) in [6.07, 6.45) is -2.60. The summed E-state index contributed by atoms with van der Waals surface area (Å²) >= 11 is 5.49. The highest BCUT2D eigenvalue weighted by molar-refractivity contribution is 6.29. The molecule has 0 saturated heterocycles. The van der Waals surface area contributed by atoms with E-state index >= 15 is 0 Å². The van der Waals surface area contributed by atoms with Gasteiger partial charge in [0, 0.05) is 0 Å². The fourth-order valence-corrected chi connectivity index (χ4v) is 1.20. The molecule has 0 aliphatic rings. The van der Waals surface area contributed by atoms with Crippen molar-refractivity contribution < 1.29 is 8.78 Å². The van der Waals surface area contributed by atoms with Gasteiger partial charge < -0.3 is 5.73 Å². The van der Waals surface area contributed by atoms with Gasteiger partial charge in [0.05, 0.1) is 5.56 Å². The molecule has 0 aromatic carbocycles. The van der Waals surface area contributed by atoms with Crippen LogP contribution in [-0.4, -0.2) is 4.98 Å². The molecule has 0 aliphatic heterocycles. The van der Waals surface area contributed by atoms with Gasteiger partial charge in [-0.3, -0.25) is 0 Å². The highest BCUT2D eigenvalue weighted by Gasteiger charge is 2.15. The van der Waals surface area contributed by atoms with Crippen LogP contribution in [0.2, 0.25) is 5.15 Å². The number of aromatic nitrogens is 1. The zero-order chi connectivity index (χ0) is 9.30. The van der Waals surface area contributed by atoms with Crippen molar-refractivity contribution in [1.82, 2.24) is 4.98 Å². The van der Waals surface area contributed by atoms with E-state index in [1.165, 1.54) is 13.0 Å². The molecule has 2 nitrogen and oxygen atoms in total. The van der Waals surface area contributed by atoms with E-state index in [9.17, 15) is 8.78 Å². The van der Waals surface area contributed by atoms with Gasteiger partial charge in [0.2, 0.25) is 0 Å². The number of rotatable bonds is 1. The summed E-state index contributed by atoms with van der Waals surface area (Å²) < 4.78 is 24.5. The molecule has 5 heteroatoms. The summed E-state index contributed by atoms with van der Waals surface area (Å²) in [5, 5.41) is 0.134. The third kappa shape index (κ3) is 1.64. The van der Waals surface area contributed by atoms with E-state index in [1.807, 2.05) is 0 Å². The first kappa shape index (κ1) is 9.19. The first-order chi connectivity index (χ1) is 5.52. The number of nitrogens with two attached hydrogens (primary N) is 1. The normalized spacial score (nSPS) is 10.8. The standard InChI is InChI=1S/C7H7ClF2N2/c1-3-2-4(8)12-7(11)5(3)6(9)10/h2,6H,1H3,(H2,11,12). The Bertz CT molecular complexity index is 278. The van der Waals surface area contributed by atoms with Crippen molar-refractivity contribution in [1.29, 1.82) is 0 Å². The van der Waals surface area contributed by atoms with E-state index in [2.05, 4.69) is 4.98 Å². The van der Waals surface area contributed by atoms with Crippen molar-refractivity contribution in [2.75, 3.05) is 5.73 Å². The monoisotopic (exact) mass is 192 g/mol. The van der Waals surface area contributed by atoms with Gasteiger partial charge >= 0.3 is 0 Å². The average Bonchev–Trinajstić information content (AvgIpc) is 1.82. The fraction of sp³-hybridized carbons (Fsp3) is 0.286. The topological polar surface area (TPSA) is 38.9 Å². The Morgan fingerprint density at radius 3 is 2.58 bits per heavy atom. The average molecular weight is 193 g/mol. The lowest BCUT2D eigenvalue weighted by Crippen LogP contribution is -2.01. The first-order valence-corrected chi connectivity index (χ1v) is 3.61. The molecule has 2 N–H and O–H groups in total. The summed E-state index contributed by atoms with van der Waals surface area (Å²) in [7, 11) is 0. The number of hydrogen-bond donors (Lipinski definition) is 1. The molecule has 1 heterocycles. The summed E-state index contributed by atoms with van der Waals surface area (Å²) in [5.74, 6) is -0.199. The lowest BCUT2D eigenvalue weighted by molar-refractivity contribution is 0.151. The van der Waals surface area contributed by atoms with Crippen LogP contribution < -0.4 is 5.73 Å². The van der Waals surface area contributed by atoms with E-state index in [4.69, 9.17) is 17.3 Å². The van der Waals surface area contributed by atoms with Crippen LogP contribution in [0.3, 0.4) is 0 Å². The number of hydrogen-bond acceptors (Lipinski definition) is 2. The SMILES string of the molecule is Cc1cc(Cl)nc(N)c1C(F)F. The molecule has 0 bridgehead atoms. The summed E-state index contributed by atoms with van der Waals surface area (Å²) in [5.41, 5.74) is 5.37.